The molecule has 1 heterocycles. The number of rotatable bonds is 6. The van der Waals surface area contributed by atoms with Gasteiger partial charge in [0.15, 0.2) is 0 Å². The Bertz CT molecular complexity index is 10400. The van der Waals surface area contributed by atoms with E-state index < -0.39 is 0 Å². The zero-order valence-electron chi connectivity index (χ0n) is 66.4. The van der Waals surface area contributed by atoms with E-state index in [-0.39, 0.29) is 18.3 Å². The average Bonchev–Trinajstić information content (AvgIpc) is 1.64. The normalized spacial score (nSPS) is 10.0. The SMILES string of the molecule is CC1(C)OB(c2ccc(N(c3ccc(-c4ccccc4)cc3)c3ccc(-c4ccccc4)cc3)cc2)OC1(C)C.S=S=S=S=S=S=S=S=S=S=S=S=S=S=S=S=S=S=S=S=S=S=S=S=S=S=S=S=S=S=S=S=S=S=S=S=S=S=S=S=S=S=S=S=S=S=S=S=S=S=S=S=S=S=S=S=S=S=S=S=S=S=S=S=S=S=S=S=S=S=S=S=S=S=S=S=S=S=S=S=S=S=S=S=S=S=S=S=S=S=S=S=S=S=S=S=S=S=S=S=S=S=S=S=S. The lowest BCUT2D eigenvalue weighted by atomic mass is 9.79. The molecule has 109 heteroatoms. The average molecular weight is 3890 g/mol. The van der Waals surface area contributed by atoms with Crippen molar-refractivity contribution in [2.45, 2.75) is 38.9 Å². The number of hydrogen-bond donors (Lipinski definition) is 0. The highest BCUT2D eigenvalue weighted by atomic mass is 33.6. The van der Waals surface area contributed by atoms with Crippen molar-refractivity contribution < 1.29 is 9.31 Å². The molecule has 0 atom stereocenters. The molecule has 0 unspecified atom stereocenters. The van der Waals surface area contributed by atoms with Crippen LogP contribution in [0.15, 0.2) is 133 Å². The molecule has 6 rings (SSSR count). The standard InChI is InChI=1S/C36H34BNO2.S105/c1-35(2)36(3,4)40-37(39-35)31-19-25-34(26-20-31)38(32-21-15-29(16-22-32)27-11-7-5-8-12-27)33-23-17-30(18-24-33)28-13-9-6-10-14-28;1-3-5-7-9-11-13-15-17-19-21-23-25-27-29-31-33-35-37-39-41-43-45-47-49-51-53-55-57-59-61-63-65-67-69-71-73-75-77-79-81-83-85-87-89-91-93-95-97-99-101-103-105-104-102-100-98-96-94-92-90-88-86-84-82-80-78-76-74-72-70-68-66-64-62-60-58-56-54-52-50-48-46-44-42-40-38-36-34-32-30-28-26-24-22-20-18-16-14-12-10-8-6-4-2/h5-26H,1-4H3;. The van der Waals surface area contributed by atoms with Gasteiger partial charge in [-0.05, 0) is 91.8 Å². The lowest BCUT2D eigenvalue weighted by Crippen LogP contribution is -2.41. The van der Waals surface area contributed by atoms with Gasteiger partial charge in [-0.2, -0.15) is 0 Å². The van der Waals surface area contributed by atoms with Gasteiger partial charge in [-0.3, -0.25) is 0 Å². The van der Waals surface area contributed by atoms with Gasteiger partial charge in [0, 0.05) is 954 Å². The zero-order valence-corrected chi connectivity index (χ0v) is 152. The number of benzene rings is 5. The molecule has 0 radical (unpaired) electrons. The Labute approximate surface area is 1140 Å². The van der Waals surface area contributed by atoms with Crippen LogP contribution in [0.2, 0.25) is 0 Å². The van der Waals surface area contributed by atoms with Crippen molar-refractivity contribution in [3.63, 3.8) is 0 Å². The molecule has 5 aromatic rings. The van der Waals surface area contributed by atoms with Gasteiger partial charge in [-0.15, -0.1) is 0 Å². The molecule has 0 aromatic heterocycles. The van der Waals surface area contributed by atoms with Gasteiger partial charge in [-0.1, -0.05) is 97.1 Å². The third-order valence-electron chi connectivity index (χ3n) is 11.0. The van der Waals surface area contributed by atoms with Gasteiger partial charge >= 0.3 is 7.12 Å². The molecule has 145 heavy (non-hydrogen) atoms. The largest absolute Gasteiger partial charge is 0.494 e. The fourth-order valence-electron chi connectivity index (χ4n) is 6.22. The van der Waals surface area contributed by atoms with Gasteiger partial charge in [-0.25, -0.2) is 0 Å². The van der Waals surface area contributed by atoms with Crippen LogP contribution in [0.5, 0.6) is 0 Å². The van der Waals surface area contributed by atoms with E-state index in [1.807, 2.05) is 802 Å². The molecule has 1 aliphatic rings. The smallest absolute Gasteiger partial charge is 0.399 e. The van der Waals surface area contributed by atoms with Crippen molar-refractivity contribution in [2.75, 3.05) is 4.90 Å². The topological polar surface area (TPSA) is 21.7 Å². The van der Waals surface area contributed by atoms with E-state index in [4.69, 9.17) is 31.7 Å². The first-order valence-electron chi connectivity index (χ1n) is 31.2. The highest BCUT2D eigenvalue weighted by Crippen LogP contribution is 2.39. The summed E-state index contributed by atoms with van der Waals surface area (Å²) in [5.74, 6) is 0. The van der Waals surface area contributed by atoms with Crippen LogP contribution in [-0.4, -0.2) is 18.3 Å². The van der Waals surface area contributed by atoms with E-state index in [1.165, 1.54) is 40.0 Å². The maximum Gasteiger partial charge on any atom is 0.494 e. The maximum absolute atomic E-state index is 6.29. The Balaban J connectivity index is 0.000000752. The van der Waals surface area contributed by atoms with Crippen LogP contribution in [0.1, 0.15) is 27.7 Å². The van der Waals surface area contributed by atoms with Crippen LogP contribution in [0.4, 0.5) is 17.1 Å². The van der Waals surface area contributed by atoms with Crippen LogP contribution in [0, 0.1) is 0 Å². The molecule has 0 spiro atoms. The summed E-state index contributed by atoms with van der Waals surface area (Å²) < 4.78 is 12.6. The van der Waals surface area contributed by atoms with Gasteiger partial charge in [0.1, 0.15) is 0 Å². The van der Waals surface area contributed by atoms with Crippen molar-refractivity contribution in [3.8, 4) is 22.3 Å². The number of hydrogen-bond acceptors (Lipinski definition) is 5. The number of nitrogens with zero attached hydrogens (tertiary/aromatic N) is 1. The molecule has 0 saturated carbocycles. The van der Waals surface area contributed by atoms with Gasteiger partial charge in [0.2, 0.25) is 0 Å². The van der Waals surface area contributed by atoms with Crippen molar-refractivity contribution in [1.29, 1.82) is 0 Å². The van der Waals surface area contributed by atoms with Crippen molar-refractivity contribution >= 4 is 967 Å². The van der Waals surface area contributed by atoms with Crippen LogP contribution in [0.25, 0.3) is 22.3 Å². The van der Waals surface area contributed by atoms with E-state index in [1.54, 1.807) is 107 Å². The molecule has 0 bridgehead atoms. The highest BCUT2D eigenvalue weighted by molar-refractivity contribution is 8.88. The second kappa shape index (κ2) is 121. The molecule has 0 aliphatic carbocycles. The summed E-state index contributed by atoms with van der Waals surface area (Å²) in [5, 5.41) is 0. The summed E-state index contributed by atoms with van der Waals surface area (Å²) >= 11 is 9.66. The monoisotopic (exact) mass is 3880 g/mol. The Morgan fingerprint density at radius 2 is 0.262 bits per heavy atom. The van der Waals surface area contributed by atoms with E-state index in [2.05, 4.69) is 154 Å². The third kappa shape index (κ3) is 95.8. The first-order valence-corrected chi connectivity index (χ1v) is 170. The molecule has 1 fully saturated rings. The third-order valence-corrected chi connectivity index (χ3v) is 238. The molecular weight excluding hydrogens is 3860 g/mol. The van der Waals surface area contributed by atoms with Crippen LogP contribution >= 0.6 is 0 Å². The minimum absolute atomic E-state index is 0.372. The molecule has 1 aliphatic heterocycles. The van der Waals surface area contributed by atoms with Crippen LogP contribution in [0.3, 0.4) is 0 Å². The molecule has 1 saturated heterocycles. The Kier molecular flexibility index (Phi) is 129. The second-order valence-corrected chi connectivity index (χ2v) is 201. The van der Waals surface area contributed by atoms with Crippen molar-refractivity contribution in [1.82, 2.24) is 0 Å². The summed E-state index contributed by atoms with van der Waals surface area (Å²) in [6.45, 7) is 8.34. The molecule has 3 nitrogen and oxygen atoms in total. The Hall–Kier alpha value is 19.0. The van der Waals surface area contributed by atoms with Gasteiger partial charge < -0.3 is 14.2 Å². The fourth-order valence-corrected chi connectivity index (χ4v) is 283. The lowest BCUT2D eigenvalue weighted by molar-refractivity contribution is 0.00578. The number of anilines is 3. The summed E-state index contributed by atoms with van der Waals surface area (Å²) in [6.07, 6.45) is 0. The highest BCUT2D eigenvalue weighted by Gasteiger charge is 2.51. The predicted molar refractivity (Wildman–Crippen MR) is 941 cm³/mol. The van der Waals surface area contributed by atoms with E-state index in [9.17, 15) is 0 Å². The Morgan fingerprint density at radius 1 is 0.152 bits per heavy atom. The minimum atomic E-state index is -0.386. The first-order chi connectivity index (χ1) is 71.7. The van der Waals surface area contributed by atoms with Crippen LogP contribution < -0.4 is 10.4 Å². The van der Waals surface area contributed by atoms with Crippen molar-refractivity contribution in [3.05, 3.63) is 133 Å². The van der Waals surface area contributed by atoms with Gasteiger partial charge in [0.05, 0.1) is 11.2 Å². The van der Waals surface area contributed by atoms with Crippen molar-refractivity contribution in [2.24, 2.45) is 0 Å². The lowest BCUT2D eigenvalue weighted by Gasteiger charge is -2.32. The minimum Gasteiger partial charge on any atom is -0.399 e. The summed E-state index contributed by atoms with van der Waals surface area (Å²) in [4.78, 5) is 2.29. The summed E-state index contributed by atoms with van der Waals surface area (Å²) in [7, 11) is 186. The van der Waals surface area contributed by atoms with E-state index >= 15 is 0 Å². The molecule has 0 amide bonds. The van der Waals surface area contributed by atoms with E-state index in [0.717, 1.165) is 22.5 Å². The summed E-state index contributed by atoms with van der Waals surface area (Å²) in [6, 6.07) is 47.0. The first kappa shape index (κ1) is 154. The molecular formula is C36H34BNO2S105. The Morgan fingerprint density at radius 3 is 0.386 bits per heavy atom. The molecule has 828 valence electrons. The quantitative estimate of drug-likeness (QED) is 0.159. The zero-order chi connectivity index (χ0) is 103. The summed E-state index contributed by atoms with van der Waals surface area (Å²) in [5.41, 5.74) is 8.33. The van der Waals surface area contributed by atoms with E-state index in [0.29, 0.717) is 0 Å². The molecule has 0 N–H and O–H groups in total. The fraction of sp³-hybridized carbons (Fsp3) is 0.167. The van der Waals surface area contributed by atoms with Crippen LogP contribution in [-0.2, 0) is 946 Å². The second-order valence-electron chi connectivity index (χ2n) is 18.3. The molecule has 5 aromatic carbocycles. The maximum atomic E-state index is 6.29. The van der Waals surface area contributed by atoms with Gasteiger partial charge in [0.25, 0.3) is 0 Å². The predicted octanol–water partition coefficient (Wildman–Crippen LogP) is 8.54.